The number of hydrogen-bond acceptors (Lipinski definition) is 6. The first-order valence-electron chi connectivity index (χ1n) is 12.8. The van der Waals surface area contributed by atoms with Crippen molar-refractivity contribution in [1.82, 2.24) is 0 Å². The number of aromatic carboxylic acids is 2. The number of hydrogen-bond donors (Lipinski definition) is 2. The summed E-state index contributed by atoms with van der Waals surface area (Å²) in [5.41, 5.74) is 0.756. The van der Waals surface area contributed by atoms with Gasteiger partial charge in [-0.25, -0.2) is 19.2 Å². The van der Waals surface area contributed by atoms with Gasteiger partial charge < -0.3 is 19.7 Å². The van der Waals surface area contributed by atoms with Crippen molar-refractivity contribution in [2.75, 3.05) is 13.2 Å². The summed E-state index contributed by atoms with van der Waals surface area (Å²) in [6.45, 7) is 5.04. The van der Waals surface area contributed by atoms with Crippen molar-refractivity contribution < 1.29 is 38.9 Å². The molecule has 0 aliphatic carbocycles. The van der Waals surface area contributed by atoms with Gasteiger partial charge in [-0.05, 0) is 49.2 Å². The third-order valence-electron chi connectivity index (χ3n) is 5.40. The van der Waals surface area contributed by atoms with Crippen LogP contribution < -0.4 is 0 Å². The molecule has 0 aliphatic rings. The van der Waals surface area contributed by atoms with E-state index >= 15 is 0 Å². The highest BCUT2D eigenvalue weighted by Crippen LogP contribution is 2.09. The maximum Gasteiger partial charge on any atom is 0.338 e. The van der Waals surface area contributed by atoms with Crippen molar-refractivity contribution >= 4 is 23.9 Å². The van der Waals surface area contributed by atoms with Crippen molar-refractivity contribution in [1.29, 1.82) is 0 Å². The average molecular weight is 515 g/mol. The van der Waals surface area contributed by atoms with Crippen LogP contribution in [0.15, 0.2) is 48.5 Å². The smallest absolute Gasteiger partial charge is 0.338 e. The second-order valence-electron chi connectivity index (χ2n) is 8.52. The Hall–Kier alpha value is -3.68. The summed E-state index contributed by atoms with van der Waals surface area (Å²) in [6.07, 6.45) is 9.59. The van der Waals surface area contributed by atoms with Crippen molar-refractivity contribution in [2.45, 2.75) is 71.6 Å². The number of carboxylic acids is 2. The average Bonchev–Trinajstić information content (AvgIpc) is 2.90. The highest BCUT2D eigenvalue weighted by atomic mass is 16.5. The highest BCUT2D eigenvalue weighted by molar-refractivity contribution is 5.95. The molecular weight excluding hydrogens is 476 g/mol. The van der Waals surface area contributed by atoms with Crippen molar-refractivity contribution in [3.63, 3.8) is 0 Å². The topological polar surface area (TPSA) is 127 Å². The molecule has 8 nitrogen and oxygen atoms in total. The molecule has 2 aromatic carbocycles. The lowest BCUT2D eigenvalue weighted by Gasteiger charge is -2.05. The fourth-order valence-electron chi connectivity index (χ4n) is 3.29. The Morgan fingerprint density at radius 2 is 0.919 bits per heavy atom. The Kier molecular flexibility index (Phi) is 15.7. The van der Waals surface area contributed by atoms with Crippen molar-refractivity contribution in [3.05, 3.63) is 70.8 Å². The number of carboxylic acid groups (broad SMARTS) is 2. The Labute approximate surface area is 218 Å². The lowest BCUT2D eigenvalue weighted by Crippen LogP contribution is -2.08. The molecule has 0 aliphatic heterocycles. The van der Waals surface area contributed by atoms with Crippen LogP contribution in [0.3, 0.4) is 0 Å². The number of rotatable bonds is 15. The van der Waals surface area contributed by atoms with E-state index in [-0.39, 0.29) is 22.3 Å². The zero-order valence-electron chi connectivity index (χ0n) is 21.7. The molecule has 2 N–H and O–H groups in total. The van der Waals surface area contributed by atoms with Gasteiger partial charge in [0, 0.05) is 0 Å². The second-order valence-corrected chi connectivity index (χ2v) is 8.52. The molecule has 0 saturated carbocycles. The van der Waals surface area contributed by atoms with Gasteiger partial charge in [-0.2, -0.15) is 0 Å². The second kappa shape index (κ2) is 18.6. The Balaban J connectivity index is 0.000000371. The van der Waals surface area contributed by atoms with Crippen molar-refractivity contribution in [3.8, 4) is 0 Å². The number of benzene rings is 2. The van der Waals surface area contributed by atoms with Gasteiger partial charge >= 0.3 is 23.9 Å². The quantitative estimate of drug-likeness (QED) is 0.200. The standard InChI is InChI=1S/C15H20O4.C14H18O4/c1-2-3-4-5-6-10-19-15(18)13-9-7-8-12(11-13)14(16)17;1-2-3-4-5-9-18-14(17)12-8-6-7-11(10-12)13(15)16/h7-9,11H,2-6,10H2,1H3,(H,16,17);6-8,10H,2-5,9H2,1H3,(H,15,16). The van der Waals surface area contributed by atoms with E-state index in [0.717, 1.165) is 44.9 Å². The Bertz CT molecular complexity index is 999. The van der Waals surface area contributed by atoms with Crippen LogP contribution in [-0.2, 0) is 9.47 Å². The molecule has 2 rings (SSSR count). The van der Waals surface area contributed by atoms with Crippen LogP contribution in [0.5, 0.6) is 0 Å². The normalized spacial score (nSPS) is 10.1. The monoisotopic (exact) mass is 514 g/mol. The van der Waals surface area contributed by atoms with Gasteiger partial charge in [0.2, 0.25) is 0 Å². The van der Waals surface area contributed by atoms with Crippen LogP contribution in [0.25, 0.3) is 0 Å². The van der Waals surface area contributed by atoms with E-state index in [1.807, 2.05) is 0 Å². The zero-order valence-corrected chi connectivity index (χ0v) is 21.7. The molecule has 202 valence electrons. The number of unbranched alkanes of at least 4 members (excludes halogenated alkanes) is 7. The van der Waals surface area contributed by atoms with Gasteiger partial charge in [0.05, 0.1) is 35.5 Å². The van der Waals surface area contributed by atoms with Crippen LogP contribution in [0.4, 0.5) is 0 Å². The van der Waals surface area contributed by atoms with E-state index in [1.165, 1.54) is 43.2 Å². The molecular formula is C29H38O8. The van der Waals surface area contributed by atoms with E-state index in [0.29, 0.717) is 13.2 Å². The number of esters is 2. The molecule has 0 atom stereocenters. The van der Waals surface area contributed by atoms with Crippen LogP contribution in [0.2, 0.25) is 0 Å². The summed E-state index contributed by atoms with van der Waals surface area (Å²) in [5, 5.41) is 17.6. The maximum absolute atomic E-state index is 11.7. The molecule has 2 aromatic rings. The largest absolute Gasteiger partial charge is 0.478 e. The number of ether oxygens (including phenoxy) is 2. The minimum Gasteiger partial charge on any atom is -0.478 e. The van der Waals surface area contributed by atoms with Gasteiger partial charge in [0.25, 0.3) is 0 Å². The molecule has 0 radical (unpaired) electrons. The van der Waals surface area contributed by atoms with Crippen molar-refractivity contribution in [2.24, 2.45) is 0 Å². The predicted octanol–water partition coefficient (Wildman–Crippen LogP) is 6.63. The first-order chi connectivity index (χ1) is 17.8. The molecule has 37 heavy (non-hydrogen) atoms. The predicted molar refractivity (Wildman–Crippen MR) is 140 cm³/mol. The summed E-state index contributed by atoms with van der Waals surface area (Å²) >= 11 is 0. The van der Waals surface area contributed by atoms with Gasteiger partial charge in [0.1, 0.15) is 0 Å². The molecule has 0 heterocycles. The molecule has 0 unspecified atom stereocenters. The molecule has 0 spiro atoms. The van der Waals surface area contributed by atoms with Gasteiger partial charge in [-0.1, -0.05) is 70.9 Å². The number of carbonyl (C=O) groups excluding carboxylic acids is 2. The van der Waals surface area contributed by atoms with Gasteiger partial charge in [0.15, 0.2) is 0 Å². The summed E-state index contributed by atoms with van der Waals surface area (Å²) in [4.78, 5) is 44.9. The van der Waals surface area contributed by atoms with Gasteiger partial charge in [-0.15, -0.1) is 0 Å². The van der Waals surface area contributed by atoms with E-state index in [1.54, 1.807) is 18.2 Å². The fourth-order valence-corrected chi connectivity index (χ4v) is 3.29. The molecule has 0 saturated heterocycles. The fraction of sp³-hybridized carbons (Fsp3) is 0.448. The SMILES string of the molecule is CCCCCCCOC(=O)c1cccc(C(=O)O)c1.CCCCCCOC(=O)c1cccc(C(=O)O)c1. The number of carbonyl (C=O) groups is 4. The van der Waals surface area contributed by atoms with E-state index in [4.69, 9.17) is 19.7 Å². The summed E-state index contributed by atoms with van der Waals surface area (Å²) in [6, 6.07) is 11.8. The molecule has 0 bridgehead atoms. The lowest BCUT2D eigenvalue weighted by molar-refractivity contribution is 0.0488. The Morgan fingerprint density at radius 1 is 0.568 bits per heavy atom. The minimum absolute atomic E-state index is 0.0930. The molecule has 0 amide bonds. The Morgan fingerprint density at radius 3 is 1.30 bits per heavy atom. The van der Waals surface area contributed by atoms with E-state index < -0.39 is 23.9 Å². The highest BCUT2D eigenvalue weighted by Gasteiger charge is 2.11. The first kappa shape index (κ1) is 31.4. The van der Waals surface area contributed by atoms with Crippen LogP contribution in [0, 0.1) is 0 Å². The summed E-state index contributed by atoms with van der Waals surface area (Å²) in [7, 11) is 0. The minimum atomic E-state index is -1.05. The van der Waals surface area contributed by atoms with Gasteiger partial charge in [-0.3, -0.25) is 0 Å². The van der Waals surface area contributed by atoms with E-state index in [2.05, 4.69) is 13.8 Å². The molecule has 8 heteroatoms. The lowest BCUT2D eigenvalue weighted by atomic mass is 10.1. The summed E-state index contributed by atoms with van der Waals surface area (Å²) in [5.74, 6) is -3.02. The molecule has 0 fully saturated rings. The third-order valence-corrected chi connectivity index (χ3v) is 5.40. The third kappa shape index (κ3) is 13.3. The summed E-state index contributed by atoms with van der Waals surface area (Å²) < 4.78 is 10.2. The molecule has 0 aromatic heterocycles. The van der Waals surface area contributed by atoms with E-state index in [9.17, 15) is 19.2 Å². The maximum atomic E-state index is 11.7. The van der Waals surface area contributed by atoms with Crippen LogP contribution >= 0.6 is 0 Å². The first-order valence-corrected chi connectivity index (χ1v) is 12.8. The van der Waals surface area contributed by atoms with Crippen LogP contribution in [0.1, 0.15) is 113 Å². The van der Waals surface area contributed by atoms with Crippen LogP contribution in [-0.4, -0.2) is 47.3 Å². The zero-order chi connectivity index (χ0) is 27.5.